The highest BCUT2D eigenvalue weighted by atomic mass is 35.5. The Morgan fingerprint density at radius 2 is 1.67 bits per heavy atom. The van der Waals surface area contributed by atoms with E-state index in [2.05, 4.69) is 38.2 Å². The van der Waals surface area contributed by atoms with Crippen LogP contribution in [-0.2, 0) is 44.2 Å². The average molecular weight is 821 g/mol. The number of carbonyl (C=O) groups is 3. The number of fused-ring (bicyclic) bond motifs is 3. The number of ether oxygens (including phenoxy) is 2. The van der Waals surface area contributed by atoms with Crippen LogP contribution in [0.25, 0.3) is 0 Å². The first kappa shape index (κ1) is 40.3. The summed E-state index contributed by atoms with van der Waals surface area (Å²) in [5.41, 5.74) is 3.96. The SMILES string of the molecule is COc1ccc([Si](C)(C)[C@@H]2[C@@H](CC(=O)N3Cc4ccccc4C[C@H]3CO)O[C@]3(C(=O)N(Cc4ccc(N5CCCCCCC5=O)cc4)c4ccc(Cl)cc43)[C@H]2C)cc1. The quantitative estimate of drug-likeness (QED) is 0.174. The van der Waals surface area contributed by atoms with Crippen molar-refractivity contribution in [2.45, 2.75) is 101 Å². The minimum absolute atomic E-state index is 0.0713. The molecule has 0 bridgehead atoms. The van der Waals surface area contributed by atoms with Gasteiger partial charge in [0.1, 0.15) is 5.75 Å². The molecule has 11 heteroatoms. The monoisotopic (exact) mass is 819 g/mol. The lowest BCUT2D eigenvalue weighted by Crippen LogP contribution is -2.52. The van der Waals surface area contributed by atoms with E-state index in [4.69, 9.17) is 21.1 Å². The van der Waals surface area contributed by atoms with Crippen molar-refractivity contribution >= 4 is 54.0 Å². The van der Waals surface area contributed by atoms with Gasteiger partial charge >= 0.3 is 0 Å². The first-order valence-electron chi connectivity index (χ1n) is 20.8. The number of hydrogen-bond acceptors (Lipinski definition) is 6. The zero-order chi connectivity index (χ0) is 40.8. The Hall–Kier alpha value is -4.48. The maximum Gasteiger partial charge on any atom is 0.264 e. The topological polar surface area (TPSA) is 99.6 Å². The molecular weight excluding hydrogens is 766 g/mol. The van der Waals surface area contributed by atoms with Crippen molar-refractivity contribution in [3.05, 3.63) is 118 Å². The van der Waals surface area contributed by atoms with E-state index in [0.717, 1.165) is 65.1 Å². The summed E-state index contributed by atoms with van der Waals surface area (Å²) in [7, 11) is -0.880. The summed E-state index contributed by atoms with van der Waals surface area (Å²) >= 11 is 6.75. The predicted octanol–water partition coefficient (Wildman–Crippen LogP) is 7.74. The van der Waals surface area contributed by atoms with Gasteiger partial charge in [-0.15, -0.1) is 0 Å². The maximum absolute atomic E-state index is 15.4. The zero-order valence-electron chi connectivity index (χ0n) is 34.0. The molecule has 2 fully saturated rings. The van der Waals surface area contributed by atoms with E-state index >= 15 is 4.79 Å². The number of amides is 3. The van der Waals surface area contributed by atoms with Crippen LogP contribution >= 0.6 is 11.6 Å². The minimum Gasteiger partial charge on any atom is -0.497 e. The highest BCUT2D eigenvalue weighted by Crippen LogP contribution is 2.60. The first-order valence-corrected chi connectivity index (χ1v) is 24.2. The first-order chi connectivity index (χ1) is 28.0. The highest BCUT2D eigenvalue weighted by molar-refractivity contribution is 6.91. The lowest BCUT2D eigenvalue weighted by molar-refractivity contribution is -0.151. The van der Waals surface area contributed by atoms with Crippen LogP contribution < -0.4 is 19.7 Å². The number of carbonyl (C=O) groups excluding carboxylic acids is 3. The molecule has 4 aromatic carbocycles. The number of halogens is 1. The number of methoxy groups -OCH3 is 1. The molecule has 3 amide bonds. The molecule has 0 aromatic heterocycles. The van der Waals surface area contributed by atoms with Crippen molar-refractivity contribution in [3.63, 3.8) is 0 Å². The number of benzene rings is 4. The number of hydrogen-bond donors (Lipinski definition) is 1. The third-order valence-corrected chi connectivity index (χ3v) is 18.1. The van der Waals surface area contributed by atoms with Gasteiger partial charge in [-0.3, -0.25) is 14.4 Å². The van der Waals surface area contributed by atoms with Gasteiger partial charge in [0.05, 0.1) is 52.6 Å². The third kappa shape index (κ3) is 7.16. The Morgan fingerprint density at radius 1 is 0.948 bits per heavy atom. The molecule has 1 N–H and O–H groups in total. The third-order valence-electron chi connectivity index (χ3n) is 13.5. The number of nitrogens with zero attached hydrogens (tertiary/aromatic N) is 3. The largest absolute Gasteiger partial charge is 0.497 e. The van der Waals surface area contributed by atoms with Crippen LogP contribution in [0, 0.1) is 5.92 Å². The molecule has 4 aliphatic rings. The van der Waals surface area contributed by atoms with E-state index in [1.807, 2.05) is 82.6 Å². The summed E-state index contributed by atoms with van der Waals surface area (Å²) in [6, 6.07) is 29.5. The molecule has 9 nitrogen and oxygen atoms in total. The second-order valence-electron chi connectivity index (χ2n) is 17.1. The summed E-state index contributed by atoms with van der Waals surface area (Å²) < 4.78 is 12.8. The van der Waals surface area contributed by atoms with Crippen LogP contribution in [-0.4, -0.2) is 68.2 Å². The van der Waals surface area contributed by atoms with Gasteiger partial charge in [0.25, 0.3) is 5.91 Å². The molecule has 0 aliphatic carbocycles. The van der Waals surface area contributed by atoms with E-state index in [0.29, 0.717) is 37.5 Å². The summed E-state index contributed by atoms with van der Waals surface area (Å²) in [5, 5.41) is 12.2. The van der Waals surface area contributed by atoms with Crippen molar-refractivity contribution in [1.29, 1.82) is 0 Å². The molecular formula is C47H54ClN3O6Si. The Morgan fingerprint density at radius 3 is 2.40 bits per heavy atom. The van der Waals surface area contributed by atoms with Gasteiger partial charge in [0.15, 0.2) is 5.60 Å². The fourth-order valence-corrected chi connectivity index (χ4v) is 14.6. The predicted molar refractivity (Wildman–Crippen MR) is 230 cm³/mol. The molecule has 4 aliphatic heterocycles. The van der Waals surface area contributed by atoms with Crippen LogP contribution in [0.2, 0.25) is 23.7 Å². The van der Waals surface area contributed by atoms with E-state index in [-0.39, 0.29) is 48.3 Å². The smallest absolute Gasteiger partial charge is 0.264 e. The molecule has 4 heterocycles. The molecule has 8 rings (SSSR count). The molecule has 4 aromatic rings. The molecule has 0 unspecified atom stereocenters. The Labute approximate surface area is 347 Å². The van der Waals surface area contributed by atoms with E-state index in [1.165, 1.54) is 5.19 Å². The van der Waals surface area contributed by atoms with Crippen molar-refractivity contribution in [2.75, 3.05) is 30.1 Å². The maximum atomic E-state index is 15.4. The van der Waals surface area contributed by atoms with Gasteiger partial charge in [-0.1, -0.05) is 98.2 Å². The number of anilines is 2. The van der Waals surface area contributed by atoms with E-state index in [9.17, 15) is 14.7 Å². The lowest BCUT2D eigenvalue weighted by Gasteiger charge is -2.39. The Bertz CT molecular complexity index is 2180. The van der Waals surface area contributed by atoms with Gasteiger partial charge in [0, 0.05) is 41.7 Å². The van der Waals surface area contributed by atoms with Gasteiger partial charge in [0.2, 0.25) is 11.8 Å². The van der Waals surface area contributed by atoms with E-state index < -0.39 is 19.8 Å². The minimum atomic E-state index is -2.53. The molecule has 58 heavy (non-hydrogen) atoms. The van der Waals surface area contributed by atoms with Gasteiger partial charge in [-0.2, -0.15) is 0 Å². The lowest BCUT2D eigenvalue weighted by atomic mass is 9.82. The van der Waals surface area contributed by atoms with Gasteiger partial charge < -0.3 is 29.3 Å². The number of aliphatic hydroxyl groups is 1. The Balaban J connectivity index is 1.14. The van der Waals surface area contributed by atoms with Crippen molar-refractivity contribution in [2.24, 2.45) is 5.92 Å². The fourth-order valence-electron chi connectivity index (χ4n) is 10.4. The molecule has 2 saturated heterocycles. The van der Waals surface area contributed by atoms with E-state index in [1.54, 1.807) is 12.0 Å². The average Bonchev–Trinajstić information content (AvgIpc) is 3.64. The van der Waals surface area contributed by atoms with Crippen LogP contribution in [0.15, 0.2) is 91.0 Å². The number of aliphatic hydroxyl groups excluding tert-OH is 1. The van der Waals surface area contributed by atoms with Gasteiger partial charge in [-0.25, -0.2) is 0 Å². The standard InChI is InChI=1S/C47H54ClN3O6Si/c1-31-45(58(3,4)39-21-19-38(56-2)20-22-39)42(27-44(54)50-29-34-12-9-8-11-33(34)25-37(50)30-52)57-47(31)40-26-35(48)16-23-41(40)51(46(47)55)28-32-14-17-36(18-15-32)49-24-10-6-5-7-13-43(49)53/h8-9,11-12,14-23,26,31,37,42,45,52H,5-7,10,13,24-25,27-30H2,1-4H3/t31-,37-,42+,45-,47+/m0/s1. The molecule has 304 valence electrons. The highest BCUT2D eigenvalue weighted by Gasteiger charge is 2.66. The second kappa shape index (κ2) is 16.3. The fraction of sp³-hybridized carbons (Fsp3) is 0.426. The summed E-state index contributed by atoms with van der Waals surface area (Å²) in [6.07, 6.45) is 4.73. The van der Waals surface area contributed by atoms with Crippen molar-refractivity contribution < 1.29 is 29.0 Å². The normalized spacial score (nSPS) is 24.8. The van der Waals surface area contributed by atoms with Gasteiger partial charge in [-0.05, 0) is 84.0 Å². The zero-order valence-corrected chi connectivity index (χ0v) is 35.7. The van der Waals surface area contributed by atoms with Crippen LogP contribution in [0.1, 0.15) is 67.7 Å². The van der Waals surface area contributed by atoms with Crippen molar-refractivity contribution in [1.82, 2.24) is 4.90 Å². The molecule has 0 radical (unpaired) electrons. The summed E-state index contributed by atoms with van der Waals surface area (Å²) in [6.45, 7) is 8.00. The second-order valence-corrected chi connectivity index (χ2v) is 22.2. The van der Waals surface area contributed by atoms with Crippen molar-refractivity contribution in [3.8, 4) is 5.75 Å². The van der Waals surface area contributed by atoms with Crippen LogP contribution in [0.5, 0.6) is 5.75 Å². The Kier molecular flexibility index (Phi) is 11.3. The molecule has 1 spiro atoms. The van der Waals surface area contributed by atoms with Crippen LogP contribution in [0.4, 0.5) is 11.4 Å². The summed E-state index contributed by atoms with van der Waals surface area (Å²) in [4.78, 5) is 48.5. The number of rotatable bonds is 9. The molecule has 5 atom stereocenters. The van der Waals surface area contributed by atoms with Crippen LogP contribution in [0.3, 0.4) is 0 Å². The summed E-state index contributed by atoms with van der Waals surface area (Å²) in [5.74, 6) is 0.335. The molecule has 0 saturated carbocycles.